The summed E-state index contributed by atoms with van der Waals surface area (Å²) in [5.41, 5.74) is 6.86. The van der Waals surface area contributed by atoms with Gasteiger partial charge >= 0.3 is 0 Å². The van der Waals surface area contributed by atoms with E-state index in [9.17, 15) is 0 Å². The summed E-state index contributed by atoms with van der Waals surface area (Å²) >= 11 is 0. The molecule has 0 bridgehead atoms. The average Bonchev–Trinajstić information content (AvgIpc) is 3.56. The predicted molar refractivity (Wildman–Crippen MR) is 201 cm³/mol. The number of nitrogens with zero attached hydrogens (tertiary/aromatic N) is 3. The monoisotopic (exact) mass is 628 g/mol. The van der Waals surface area contributed by atoms with Crippen LogP contribution in [0.2, 0.25) is 0 Å². The first-order valence-corrected chi connectivity index (χ1v) is 16.5. The number of benzene rings is 7. The van der Waals surface area contributed by atoms with Crippen LogP contribution in [0.1, 0.15) is 22.9 Å². The summed E-state index contributed by atoms with van der Waals surface area (Å²) in [5, 5.41) is 12.8. The number of nitrogens with one attached hydrogen (secondary N) is 1. The molecular formula is C44H28N4O. The van der Waals surface area contributed by atoms with Gasteiger partial charge in [0.05, 0.1) is 0 Å². The second-order valence-electron chi connectivity index (χ2n) is 12.4. The van der Waals surface area contributed by atoms with Gasteiger partial charge in [-0.15, -0.1) is 0 Å². The quantitative estimate of drug-likeness (QED) is 0.197. The molecule has 1 atom stereocenters. The number of para-hydroxylation sites is 1. The van der Waals surface area contributed by atoms with Crippen LogP contribution >= 0.6 is 0 Å². The number of hydrogen-bond acceptors (Lipinski definition) is 5. The second kappa shape index (κ2) is 11.0. The third-order valence-corrected chi connectivity index (χ3v) is 9.62. The Morgan fingerprint density at radius 1 is 0.510 bits per heavy atom. The Kier molecular flexibility index (Phi) is 6.18. The lowest BCUT2D eigenvalue weighted by Crippen LogP contribution is -2.33. The van der Waals surface area contributed by atoms with E-state index in [4.69, 9.17) is 14.4 Å². The number of amidine groups is 2. The van der Waals surface area contributed by atoms with Gasteiger partial charge in [-0.25, -0.2) is 9.98 Å². The van der Waals surface area contributed by atoms with Crippen molar-refractivity contribution in [2.75, 3.05) is 0 Å². The number of aliphatic imine (C=N–C) groups is 2. The van der Waals surface area contributed by atoms with E-state index in [1.165, 1.54) is 21.5 Å². The van der Waals surface area contributed by atoms with Gasteiger partial charge in [0.2, 0.25) is 0 Å². The van der Waals surface area contributed by atoms with Crippen molar-refractivity contribution in [3.05, 3.63) is 175 Å². The van der Waals surface area contributed by atoms with E-state index in [1.807, 2.05) is 48.8 Å². The molecule has 1 aliphatic rings. The van der Waals surface area contributed by atoms with Gasteiger partial charge in [0.15, 0.2) is 5.84 Å². The summed E-state index contributed by atoms with van der Waals surface area (Å²) in [5.74, 6) is 1.42. The SMILES string of the molecule is c1ccc(C2N=C(c3ccccc3-c3cc4ccc5ccccc5c4c4cnccc34)N=C(c3cccc4oc5ccccc5c34)N2)cc1. The molecular weight excluding hydrogens is 601 g/mol. The molecule has 5 heteroatoms. The molecule has 9 aromatic rings. The molecule has 2 aromatic heterocycles. The third kappa shape index (κ3) is 4.44. The Labute approximate surface area is 281 Å². The summed E-state index contributed by atoms with van der Waals surface area (Å²) in [4.78, 5) is 15.2. The molecule has 0 radical (unpaired) electrons. The highest BCUT2D eigenvalue weighted by atomic mass is 16.3. The van der Waals surface area contributed by atoms with Gasteiger partial charge in [-0.1, -0.05) is 121 Å². The average molecular weight is 629 g/mol. The van der Waals surface area contributed by atoms with Crippen LogP contribution in [0.3, 0.4) is 0 Å². The molecule has 1 N–H and O–H groups in total. The number of fused-ring (bicyclic) bond motifs is 8. The van der Waals surface area contributed by atoms with E-state index >= 15 is 0 Å². The van der Waals surface area contributed by atoms with Crippen molar-refractivity contribution in [2.24, 2.45) is 9.98 Å². The molecule has 7 aromatic carbocycles. The van der Waals surface area contributed by atoms with Crippen LogP contribution in [0.4, 0.5) is 0 Å². The van der Waals surface area contributed by atoms with E-state index in [0.717, 1.165) is 66.4 Å². The summed E-state index contributed by atoms with van der Waals surface area (Å²) < 4.78 is 6.27. The summed E-state index contributed by atoms with van der Waals surface area (Å²) in [7, 11) is 0. The summed E-state index contributed by atoms with van der Waals surface area (Å²) in [6, 6.07) is 50.6. The highest BCUT2D eigenvalue weighted by Crippen LogP contribution is 2.40. The van der Waals surface area contributed by atoms with Crippen LogP contribution in [-0.4, -0.2) is 16.7 Å². The van der Waals surface area contributed by atoms with Crippen molar-refractivity contribution in [3.63, 3.8) is 0 Å². The molecule has 3 heterocycles. The highest BCUT2D eigenvalue weighted by molar-refractivity contribution is 6.25. The normalized spacial score (nSPS) is 14.7. The highest BCUT2D eigenvalue weighted by Gasteiger charge is 2.25. The zero-order valence-electron chi connectivity index (χ0n) is 26.3. The number of furan rings is 1. The zero-order chi connectivity index (χ0) is 32.3. The van der Waals surface area contributed by atoms with E-state index in [-0.39, 0.29) is 6.17 Å². The Bertz CT molecular complexity index is 2810. The van der Waals surface area contributed by atoms with Gasteiger partial charge in [-0.2, -0.15) is 0 Å². The standard InChI is InChI=1S/C44H28N4O/c1-2-12-28(13-3-1)42-46-43(48-44(47-42)35-18-10-20-39-41(35)34-17-8-9-19-38(34)49-39)33-16-7-6-15-31(33)36-25-29-22-21-27-11-4-5-14-30(27)40(29)37-26-45-24-23-32(36)37/h1-26,42H,(H,46,47,48). The van der Waals surface area contributed by atoms with Gasteiger partial charge in [-0.05, 0) is 67.9 Å². The summed E-state index contributed by atoms with van der Waals surface area (Å²) in [6.45, 7) is 0. The Hall–Kier alpha value is -6.59. The fourth-order valence-electron chi connectivity index (χ4n) is 7.39. The van der Waals surface area contributed by atoms with Crippen LogP contribution in [-0.2, 0) is 0 Å². The molecule has 10 rings (SSSR count). The van der Waals surface area contributed by atoms with Gasteiger partial charge in [0, 0.05) is 39.7 Å². The van der Waals surface area contributed by atoms with Crippen molar-refractivity contribution in [3.8, 4) is 11.1 Å². The van der Waals surface area contributed by atoms with Crippen LogP contribution in [0.25, 0.3) is 65.4 Å². The molecule has 0 amide bonds. The number of rotatable bonds is 4. The van der Waals surface area contributed by atoms with E-state index in [2.05, 4.69) is 119 Å². The molecule has 0 spiro atoms. The van der Waals surface area contributed by atoms with Gasteiger partial charge in [0.25, 0.3) is 0 Å². The van der Waals surface area contributed by atoms with Crippen LogP contribution in [0.15, 0.2) is 172 Å². The van der Waals surface area contributed by atoms with E-state index in [1.54, 1.807) is 0 Å². The van der Waals surface area contributed by atoms with Gasteiger partial charge in [0.1, 0.15) is 23.2 Å². The van der Waals surface area contributed by atoms with E-state index in [0.29, 0.717) is 5.84 Å². The molecule has 0 saturated heterocycles. The fourth-order valence-corrected chi connectivity index (χ4v) is 7.39. The lowest BCUT2D eigenvalue weighted by Gasteiger charge is -2.25. The molecule has 1 aliphatic heterocycles. The maximum Gasteiger partial charge on any atom is 0.160 e. The third-order valence-electron chi connectivity index (χ3n) is 9.62. The van der Waals surface area contributed by atoms with Gasteiger partial charge in [-0.3, -0.25) is 4.98 Å². The minimum atomic E-state index is -0.339. The van der Waals surface area contributed by atoms with Crippen molar-refractivity contribution in [1.29, 1.82) is 0 Å². The lowest BCUT2D eigenvalue weighted by molar-refractivity contribution is 0.667. The maximum absolute atomic E-state index is 6.27. The molecule has 5 nitrogen and oxygen atoms in total. The second-order valence-corrected chi connectivity index (χ2v) is 12.4. The minimum Gasteiger partial charge on any atom is -0.456 e. The zero-order valence-corrected chi connectivity index (χ0v) is 26.3. The Balaban J connectivity index is 1.22. The maximum atomic E-state index is 6.27. The molecule has 49 heavy (non-hydrogen) atoms. The van der Waals surface area contributed by atoms with Crippen LogP contribution in [0.5, 0.6) is 0 Å². The molecule has 0 fully saturated rings. The molecule has 0 saturated carbocycles. The first-order chi connectivity index (χ1) is 24.3. The number of pyridine rings is 1. The lowest BCUT2D eigenvalue weighted by atomic mass is 9.89. The van der Waals surface area contributed by atoms with Crippen LogP contribution in [0, 0.1) is 0 Å². The summed E-state index contributed by atoms with van der Waals surface area (Å²) in [6.07, 6.45) is 3.54. The van der Waals surface area contributed by atoms with E-state index < -0.39 is 0 Å². The first kappa shape index (κ1) is 27.5. The number of hydrogen-bond donors (Lipinski definition) is 1. The fraction of sp³-hybridized carbons (Fsp3) is 0.0227. The molecule has 230 valence electrons. The first-order valence-electron chi connectivity index (χ1n) is 16.5. The van der Waals surface area contributed by atoms with Crippen molar-refractivity contribution >= 4 is 65.9 Å². The molecule has 1 unspecified atom stereocenters. The van der Waals surface area contributed by atoms with Crippen molar-refractivity contribution in [2.45, 2.75) is 6.17 Å². The minimum absolute atomic E-state index is 0.339. The Morgan fingerprint density at radius 3 is 2.16 bits per heavy atom. The number of aromatic nitrogens is 1. The predicted octanol–water partition coefficient (Wildman–Crippen LogP) is 10.6. The Morgan fingerprint density at radius 2 is 1.24 bits per heavy atom. The topological polar surface area (TPSA) is 62.8 Å². The van der Waals surface area contributed by atoms with Gasteiger partial charge < -0.3 is 9.73 Å². The smallest absolute Gasteiger partial charge is 0.160 e. The largest absolute Gasteiger partial charge is 0.456 e. The van der Waals surface area contributed by atoms with Crippen molar-refractivity contribution in [1.82, 2.24) is 10.3 Å². The molecule has 0 aliphatic carbocycles. The van der Waals surface area contributed by atoms with Crippen LogP contribution < -0.4 is 5.32 Å². The van der Waals surface area contributed by atoms with Crippen molar-refractivity contribution < 1.29 is 4.42 Å².